The second kappa shape index (κ2) is 8.69. The van der Waals surface area contributed by atoms with Gasteiger partial charge in [-0.3, -0.25) is 0 Å². The van der Waals surface area contributed by atoms with Gasteiger partial charge in [0.25, 0.3) is 0 Å². The average Bonchev–Trinajstić information content (AvgIpc) is 2.67. The Morgan fingerprint density at radius 3 is 0.900 bits per heavy atom. The van der Waals surface area contributed by atoms with Crippen LogP contribution in [0.25, 0.3) is 33.4 Å². The van der Waals surface area contributed by atoms with E-state index in [1.54, 1.807) is 54.6 Å². The summed E-state index contributed by atoms with van der Waals surface area (Å²) in [7, 11) is 0. The van der Waals surface area contributed by atoms with Gasteiger partial charge in [-0.15, -0.1) is 0 Å². The van der Waals surface area contributed by atoms with E-state index in [4.69, 9.17) is 0 Å². The van der Waals surface area contributed by atoms with E-state index < -0.39 is 17.5 Å². The van der Waals surface area contributed by atoms with Gasteiger partial charge >= 0.3 is 0 Å². The molecule has 0 heterocycles. The fourth-order valence-corrected chi connectivity index (χ4v) is 4.26. The molecule has 0 N–H and O–H groups in total. The van der Waals surface area contributed by atoms with Crippen molar-refractivity contribution >= 4 is 47.8 Å². The lowest BCUT2D eigenvalue weighted by molar-refractivity contribution is 0.630. The lowest BCUT2D eigenvalue weighted by atomic mass is 9.93. The number of halogens is 6. The molecule has 0 saturated heterocycles. The summed E-state index contributed by atoms with van der Waals surface area (Å²) >= 11 is 9.77. The van der Waals surface area contributed by atoms with Crippen LogP contribution in [0.15, 0.2) is 86.2 Å². The quantitative estimate of drug-likeness (QED) is 0.221. The van der Waals surface area contributed by atoms with Crippen LogP contribution in [-0.2, 0) is 0 Å². The minimum Gasteiger partial charge on any atom is -0.206 e. The van der Waals surface area contributed by atoms with Gasteiger partial charge in [-0.1, -0.05) is 66.0 Å². The predicted octanol–water partition coefficient (Wildman–Crippen LogP) is 9.39. The highest BCUT2D eigenvalue weighted by atomic mass is 79.9. The highest BCUT2D eigenvalue weighted by Gasteiger charge is 2.15. The van der Waals surface area contributed by atoms with E-state index >= 15 is 0 Å². The van der Waals surface area contributed by atoms with Crippen LogP contribution in [-0.4, -0.2) is 0 Å². The molecule has 4 aromatic rings. The highest BCUT2D eigenvalue weighted by Crippen LogP contribution is 2.37. The molecule has 0 atom stereocenters. The van der Waals surface area contributed by atoms with Crippen molar-refractivity contribution in [1.29, 1.82) is 0 Å². The van der Waals surface area contributed by atoms with E-state index in [1.807, 2.05) is 0 Å². The molecule has 0 radical (unpaired) electrons. The maximum absolute atomic E-state index is 14.7. The van der Waals surface area contributed by atoms with E-state index in [0.717, 1.165) is 0 Å². The van der Waals surface area contributed by atoms with Crippen molar-refractivity contribution < 1.29 is 13.2 Å². The minimum absolute atomic E-state index is 0.344. The Labute approximate surface area is 197 Å². The second-order valence-electron chi connectivity index (χ2n) is 6.67. The van der Waals surface area contributed by atoms with Gasteiger partial charge in [0.2, 0.25) is 0 Å². The van der Waals surface area contributed by atoms with Gasteiger partial charge in [-0.25, -0.2) is 13.2 Å². The molecule has 4 aromatic carbocycles. The zero-order valence-corrected chi connectivity index (χ0v) is 20.0. The van der Waals surface area contributed by atoms with Crippen LogP contribution in [0.3, 0.4) is 0 Å². The normalized spacial score (nSPS) is 11.0. The average molecular weight is 597 g/mol. The van der Waals surface area contributed by atoms with Gasteiger partial charge in [-0.2, -0.15) is 0 Å². The van der Waals surface area contributed by atoms with Crippen molar-refractivity contribution in [2.45, 2.75) is 0 Å². The van der Waals surface area contributed by atoms with E-state index in [1.165, 1.54) is 18.2 Å². The number of hydrogen-bond acceptors (Lipinski definition) is 0. The monoisotopic (exact) mass is 594 g/mol. The van der Waals surface area contributed by atoms with E-state index in [9.17, 15) is 13.2 Å². The Bertz CT molecular complexity index is 1100. The van der Waals surface area contributed by atoms with Crippen molar-refractivity contribution in [1.82, 2.24) is 0 Å². The topological polar surface area (TPSA) is 0 Å². The number of rotatable bonds is 3. The molecule has 0 aliphatic rings. The summed E-state index contributed by atoms with van der Waals surface area (Å²) in [5, 5.41) is 0. The maximum atomic E-state index is 14.7. The maximum Gasteiger partial charge on any atom is 0.132 e. The van der Waals surface area contributed by atoms with Crippen molar-refractivity contribution in [3.05, 3.63) is 104 Å². The third kappa shape index (κ3) is 4.41. The second-order valence-corrected chi connectivity index (χ2v) is 9.42. The first-order valence-electron chi connectivity index (χ1n) is 8.83. The molecule has 150 valence electrons. The van der Waals surface area contributed by atoms with Gasteiger partial charge < -0.3 is 0 Å². The first kappa shape index (κ1) is 21.3. The molecule has 0 bridgehead atoms. The summed E-state index contributed by atoms with van der Waals surface area (Å²) in [6, 6.07) is 19.3. The Hall–Kier alpha value is -1.89. The Morgan fingerprint density at radius 2 is 0.667 bits per heavy atom. The van der Waals surface area contributed by atoms with E-state index in [-0.39, 0.29) is 0 Å². The molecule has 4 rings (SSSR count). The zero-order chi connectivity index (χ0) is 21.4. The summed E-state index contributed by atoms with van der Waals surface area (Å²) in [6.07, 6.45) is 0. The SMILES string of the molecule is Fc1cc(Br)ccc1-c1cc(-c2ccc(Br)cc2F)cc(-c2ccc(Br)cc2F)c1. The summed E-state index contributed by atoms with van der Waals surface area (Å²) in [5.74, 6) is -1.29. The van der Waals surface area contributed by atoms with E-state index in [0.29, 0.717) is 46.8 Å². The van der Waals surface area contributed by atoms with Gasteiger partial charge in [0.05, 0.1) is 0 Å². The van der Waals surface area contributed by atoms with Crippen LogP contribution in [0.4, 0.5) is 13.2 Å². The van der Waals surface area contributed by atoms with E-state index in [2.05, 4.69) is 47.8 Å². The summed E-state index contributed by atoms with van der Waals surface area (Å²) in [5.41, 5.74) is 2.61. The molecule has 0 aliphatic heterocycles. The van der Waals surface area contributed by atoms with Crippen LogP contribution >= 0.6 is 47.8 Å². The molecule has 0 fully saturated rings. The van der Waals surface area contributed by atoms with Crippen LogP contribution in [0.1, 0.15) is 0 Å². The molecule has 30 heavy (non-hydrogen) atoms. The lowest BCUT2D eigenvalue weighted by Gasteiger charge is -2.13. The van der Waals surface area contributed by atoms with Crippen molar-refractivity contribution in [2.24, 2.45) is 0 Å². The largest absolute Gasteiger partial charge is 0.206 e. The van der Waals surface area contributed by atoms with Crippen LogP contribution < -0.4 is 0 Å². The minimum atomic E-state index is -0.431. The molecule has 6 heteroatoms. The lowest BCUT2D eigenvalue weighted by Crippen LogP contribution is -1.92. The standard InChI is InChI=1S/C24H12Br3F3/c25-16-1-4-19(22(28)10-16)13-7-14(20-5-2-17(26)11-23(20)29)9-15(8-13)21-6-3-18(27)12-24(21)30/h1-12H. The smallest absolute Gasteiger partial charge is 0.132 e. The van der Waals surface area contributed by atoms with Gasteiger partial charge in [-0.05, 0) is 71.3 Å². The molecular weight excluding hydrogens is 585 g/mol. The van der Waals surface area contributed by atoms with Crippen molar-refractivity contribution in [2.75, 3.05) is 0 Å². The third-order valence-electron chi connectivity index (χ3n) is 4.66. The summed E-state index contributed by atoms with van der Waals surface area (Å²) in [4.78, 5) is 0. The summed E-state index contributed by atoms with van der Waals surface area (Å²) in [6.45, 7) is 0. The molecule has 0 amide bonds. The van der Waals surface area contributed by atoms with Crippen LogP contribution in [0.5, 0.6) is 0 Å². The predicted molar refractivity (Wildman–Crippen MR) is 126 cm³/mol. The zero-order valence-electron chi connectivity index (χ0n) is 15.2. The highest BCUT2D eigenvalue weighted by molar-refractivity contribution is 9.11. The molecule has 0 unspecified atom stereocenters. The van der Waals surface area contributed by atoms with Gasteiger partial charge in [0, 0.05) is 30.1 Å². The van der Waals surface area contributed by atoms with Crippen LogP contribution in [0, 0.1) is 17.5 Å². The van der Waals surface area contributed by atoms with Gasteiger partial charge in [0.1, 0.15) is 17.5 Å². The summed E-state index contributed by atoms with van der Waals surface area (Å²) < 4.78 is 45.9. The first-order chi connectivity index (χ1) is 14.3. The number of benzene rings is 4. The molecule has 0 aliphatic carbocycles. The van der Waals surface area contributed by atoms with Crippen molar-refractivity contribution in [3.63, 3.8) is 0 Å². The van der Waals surface area contributed by atoms with Crippen LogP contribution in [0.2, 0.25) is 0 Å². The Morgan fingerprint density at radius 1 is 0.400 bits per heavy atom. The Kier molecular flexibility index (Phi) is 6.19. The fourth-order valence-electron chi connectivity index (χ4n) is 3.26. The molecular formula is C24H12Br3F3. The molecule has 0 spiro atoms. The molecule has 0 aromatic heterocycles. The third-order valence-corrected chi connectivity index (χ3v) is 6.14. The van der Waals surface area contributed by atoms with Gasteiger partial charge in [0.15, 0.2) is 0 Å². The first-order valence-corrected chi connectivity index (χ1v) is 11.2. The molecule has 0 saturated carbocycles. The fraction of sp³-hybridized carbons (Fsp3) is 0. The number of hydrogen-bond donors (Lipinski definition) is 0. The van der Waals surface area contributed by atoms with Crippen molar-refractivity contribution in [3.8, 4) is 33.4 Å². The Balaban J connectivity index is 1.98. The molecule has 0 nitrogen and oxygen atoms in total.